The molecule has 0 radical (unpaired) electrons. The van der Waals surface area contributed by atoms with Gasteiger partial charge >= 0.3 is 0 Å². The molecule has 9 heteroatoms. The Bertz CT molecular complexity index is 1220. The molecule has 0 fully saturated rings. The molecule has 0 saturated carbocycles. The van der Waals surface area contributed by atoms with Crippen LogP contribution in [0.5, 0.6) is 5.75 Å². The average Bonchev–Trinajstić information content (AvgIpc) is 3.37. The summed E-state index contributed by atoms with van der Waals surface area (Å²) in [6.45, 7) is 2.70. The van der Waals surface area contributed by atoms with E-state index in [1.807, 2.05) is 24.4 Å². The Balaban J connectivity index is 1.43. The number of amides is 1. The predicted octanol–water partition coefficient (Wildman–Crippen LogP) is 5.83. The molecule has 2 aromatic carbocycles. The van der Waals surface area contributed by atoms with E-state index >= 15 is 0 Å². The molecule has 2 aromatic heterocycles. The third kappa shape index (κ3) is 5.44. The summed E-state index contributed by atoms with van der Waals surface area (Å²) in [4.78, 5) is 17.2. The molecule has 1 N–H and O–H groups in total. The summed E-state index contributed by atoms with van der Waals surface area (Å²) in [5.74, 6) is 0.888. The average molecular weight is 473 g/mol. The number of benzene rings is 2. The third-order valence-electron chi connectivity index (χ3n) is 4.44. The van der Waals surface area contributed by atoms with Crippen molar-refractivity contribution < 1.29 is 9.53 Å². The first-order valence-electron chi connectivity index (χ1n) is 9.39. The van der Waals surface area contributed by atoms with Crippen LogP contribution in [0, 0.1) is 6.92 Å². The van der Waals surface area contributed by atoms with E-state index < -0.39 is 0 Å². The first kappa shape index (κ1) is 21.4. The van der Waals surface area contributed by atoms with Crippen molar-refractivity contribution in [1.82, 2.24) is 14.8 Å². The number of hydrogen-bond acceptors (Lipinski definition) is 5. The van der Waals surface area contributed by atoms with Crippen LogP contribution >= 0.6 is 34.5 Å². The minimum absolute atomic E-state index is 0.265. The van der Waals surface area contributed by atoms with E-state index in [0.29, 0.717) is 40.3 Å². The van der Waals surface area contributed by atoms with E-state index in [0.717, 1.165) is 16.3 Å². The lowest BCUT2D eigenvalue weighted by Gasteiger charge is -2.11. The zero-order valence-electron chi connectivity index (χ0n) is 16.5. The van der Waals surface area contributed by atoms with Gasteiger partial charge in [-0.05, 0) is 42.8 Å². The Labute approximate surface area is 193 Å². The number of carbonyl (C=O) groups is 1. The number of rotatable bonds is 7. The zero-order chi connectivity index (χ0) is 21.8. The first-order valence-corrected chi connectivity index (χ1v) is 11.0. The van der Waals surface area contributed by atoms with Gasteiger partial charge < -0.3 is 10.1 Å². The second-order valence-electron chi connectivity index (χ2n) is 6.74. The van der Waals surface area contributed by atoms with Crippen LogP contribution in [-0.2, 0) is 13.2 Å². The van der Waals surface area contributed by atoms with E-state index in [1.165, 1.54) is 0 Å². The fourth-order valence-electron chi connectivity index (χ4n) is 2.92. The molecule has 0 spiro atoms. The molecule has 0 bridgehead atoms. The van der Waals surface area contributed by atoms with E-state index in [2.05, 4.69) is 15.4 Å². The van der Waals surface area contributed by atoms with E-state index in [9.17, 15) is 4.79 Å². The summed E-state index contributed by atoms with van der Waals surface area (Å²) in [6.07, 6.45) is 1.62. The Kier molecular flexibility index (Phi) is 6.56. The number of nitrogens with one attached hydrogen (secondary N) is 1. The highest BCUT2D eigenvalue weighted by molar-refractivity contribution is 7.09. The number of aryl methyl sites for hydroxylation is 1. The molecule has 0 atom stereocenters. The standard InChI is InChI=1S/C22H18Cl2N4O2S/c1-14-26-18(13-31-14)12-30-19-4-2-3-15(9-19)22(29)27-21-7-8-25-28(21)11-16-5-6-17(23)10-20(16)24/h2-10,13H,11-12H2,1H3,(H,27,29). The van der Waals surface area contributed by atoms with Gasteiger partial charge in [0.05, 0.1) is 23.4 Å². The topological polar surface area (TPSA) is 69.0 Å². The van der Waals surface area contributed by atoms with Crippen molar-refractivity contribution in [2.75, 3.05) is 5.32 Å². The van der Waals surface area contributed by atoms with Gasteiger partial charge in [0.2, 0.25) is 0 Å². The SMILES string of the molecule is Cc1nc(COc2cccc(C(=O)Nc3ccnn3Cc3ccc(Cl)cc3Cl)c2)cs1. The summed E-state index contributed by atoms with van der Waals surface area (Å²) in [5, 5.41) is 11.2. The van der Waals surface area contributed by atoms with Gasteiger partial charge in [0, 0.05) is 27.1 Å². The number of aromatic nitrogens is 3. The molecule has 4 aromatic rings. The zero-order valence-corrected chi connectivity index (χ0v) is 18.8. The summed E-state index contributed by atoms with van der Waals surface area (Å²) in [7, 11) is 0. The smallest absolute Gasteiger partial charge is 0.256 e. The minimum Gasteiger partial charge on any atom is -0.487 e. The molecule has 0 aliphatic heterocycles. The molecule has 0 saturated heterocycles. The van der Waals surface area contributed by atoms with Gasteiger partial charge in [-0.1, -0.05) is 35.3 Å². The summed E-state index contributed by atoms with van der Waals surface area (Å²) >= 11 is 13.8. The van der Waals surface area contributed by atoms with E-state index in [-0.39, 0.29) is 5.91 Å². The van der Waals surface area contributed by atoms with Crippen LogP contribution in [0.3, 0.4) is 0 Å². The highest BCUT2D eigenvalue weighted by atomic mass is 35.5. The number of anilines is 1. The molecule has 2 heterocycles. The molecule has 0 unspecified atom stereocenters. The summed E-state index contributed by atoms with van der Waals surface area (Å²) in [6, 6.07) is 14.0. The van der Waals surface area contributed by atoms with Crippen molar-refractivity contribution in [1.29, 1.82) is 0 Å². The van der Waals surface area contributed by atoms with Gasteiger partial charge in [0.1, 0.15) is 18.2 Å². The molecule has 6 nitrogen and oxygen atoms in total. The fraction of sp³-hybridized carbons (Fsp3) is 0.136. The number of hydrogen-bond donors (Lipinski definition) is 1. The number of thiazole rings is 1. The maximum atomic E-state index is 12.8. The fourth-order valence-corrected chi connectivity index (χ4v) is 3.99. The van der Waals surface area contributed by atoms with Crippen LogP contribution in [0.1, 0.15) is 26.6 Å². The molecule has 0 aliphatic carbocycles. The molecular weight excluding hydrogens is 455 g/mol. The predicted molar refractivity (Wildman–Crippen MR) is 123 cm³/mol. The molecule has 0 aliphatic rings. The number of carbonyl (C=O) groups excluding carboxylic acids is 1. The Hall–Kier alpha value is -2.87. The summed E-state index contributed by atoms with van der Waals surface area (Å²) in [5.41, 5.74) is 2.18. The lowest BCUT2D eigenvalue weighted by molar-refractivity contribution is 0.102. The minimum atomic E-state index is -0.265. The van der Waals surface area contributed by atoms with Crippen LogP contribution in [0.25, 0.3) is 0 Å². The first-order chi connectivity index (χ1) is 15.0. The lowest BCUT2D eigenvalue weighted by Crippen LogP contribution is -2.16. The van der Waals surface area contributed by atoms with E-state index in [1.54, 1.807) is 58.6 Å². The van der Waals surface area contributed by atoms with Gasteiger partial charge in [-0.15, -0.1) is 11.3 Å². The van der Waals surface area contributed by atoms with Crippen LogP contribution in [-0.4, -0.2) is 20.7 Å². The highest BCUT2D eigenvalue weighted by Gasteiger charge is 2.12. The Morgan fingerprint density at radius 3 is 2.84 bits per heavy atom. The quantitative estimate of drug-likeness (QED) is 0.367. The van der Waals surface area contributed by atoms with E-state index in [4.69, 9.17) is 27.9 Å². The van der Waals surface area contributed by atoms with Crippen molar-refractivity contribution >= 4 is 46.3 Å². The maximum absolute atomic E-state index is 12.8. The lowest BCUT2D eigenvalue weighted by atomic mass is 10.2. The molecule has 158 valence electrons. The number of halogens is 2. The van der Waals surface area contributed by atoms with Crippen LogP contribution in [0.15, 0.2) is 60.1 Å². The molecule has 4 rings (SSSR count). The highest BCUT2D eigenvalue weighted by Crippen LogP contribution is 2.23. The van der Waals surface area contributed by atoms with Gasteiger partial charge in [-0.2, -0.15) is 5.10 Å². The maximum Gasteiger partial charge on any atom is 0.256 e. The third-order valence-corrected chi connectivity index (χ3v) is 5.85. The van der Waals surface area contributed by atoms with Gasteiger partial charge in [-0.3, -0.25) is 4.79 Å². The second-order valence-corrected chi connectivity index (χ2v) is 8.64. The molecule has 1 amide bonds. The number of nitrogens with zero attached hydrogens (tertiary/aromatic N) is 3. The summed E-state index contributed by atoms with van der Waals surface area (Å²) < 4.78 is 7.44. The normalized spacial score (nSPS) is 10.8. The van der Waals surface area contributed by atoms with Crippen molar-refractivity contribution in [3.8, 4) is 5.75 Å². The second kappa shape index (κ2) is 9.51. The largest absolute Gasteiger partial charge is 0.487 e. The van der Waals surface area contributed by atoms with Crippen LogP contribution in [0.2, 0.25) is 10.0 Å². The van der Waals surface area contributed by atoms with Crippen LogP contribution < -0.4 is 10.1 Å². The van der Waals surface area contributed by atoms with Crippen molar-refractivity contribution in [3.63, 3.8) is 0 Å². The molecule has 31 heavy (non-hydrogen) atoms. The van der Waals surface area contributed by atoms with Gasteiger partial charge in [0.25, 0.3) is 5.91 Å². The van der Waals surface area contributed by atoms with Crippen molar-refractivity contribution in [3.05, 3.63) is 92.0 Å². The Morgan fingerprint density at radius 2 is 2.06 bits per heavy atom. The monoisotopic (exact) mass is 472 g/mol. The van der Waals surface area contributed by atoms with Gasteiger partial charge in [0.15, 0.2) is 0 Å². The van der Waals surface area contributed by atoms with Crippen molar-refractivity contribution in [2.24, 2.45) is 0 Å². The number of ether oxygens (including phenoxy) is 1. The molecular formula is C22H18Cl2N4O2S. The van der Waals surface area contributed by atoms with Gasteiger partial charge in [-0.25, -0.2) is 9.67 Å². The van der Waals surface area contributed by atoms with Crippen molar-refractivity contribution in [2.45, 2.75) is 20.1 Å². The Morgan fingerprint density at radius 1 is 1.19 bits per heavy atom. The van der Waals surface area contributed by atoms with Crippen LogP contribution in [0.4, 0.5) is 5.82 Å².